The number of aryl methyl sites for hydroxylation is 1. The van der Waals surface area contributed by atoms with Gasteiger partial charge in [0.15, 0.2) is 0 Å². The topological polar surface area (TPSA) is 42.4 Å². The number of morpholine rings is 1. The summed E-state index contributed by atoms with van der Waals surface area (Å²) in [6.07, 6.45) is -1.63. The molecule has 2 heterocycles. The maximum Gasteiger partial charge on any atom is 0.433 e. The molecule has 2 aliphatic rings. The molecule has 0 unspecified atom stereocenters. The summed E-state index contributed by atoms with van der Waals surface area (Å²) >= 11 is 0. The summed E-state index contributed by atoms with van der Waals surface area (Å²) in [4.78, 5) is 17.9. The number of hydrogen-bond acceptors (Lipinski definition) is 3. The molecule has 1 saturated heterocycles. The minimum absolute atomic E-state index is 0.0305. The second-order valence-corrected chi connectivity index (χ2v) is 5.73. The minimum atomic E-state index is -4.50. The highest BCUT2D eigenvalue weighted by atomic mass is 19.4. The first-order valence-electron chi connectivity index (χ1n) is 7.35. The number of alkyl halides is 3. The highest BCUT2D eigenvalue weighted by molar-refractivity contribution is 5.95. The van der Waals surface area contributed by atoms with Crippen LogP contribution in [0.5, 0.6) is 0 Å². The van der Waals surface area contributed by atoms with Gasteiger partial charge in [-0.25, -0.2) is 4.98 Å². The smallest absolute Gasteiger partial charge is 0.374 e. The third-order valence-corrected chi connectivity index (χ3v) is 4.35. The Balaban J connectivity index is 1.86. The predicted octanol–water partition coefficient (Wildman–Crippen LogP) is 2.80. The van der Waals surface area contributed by atoms with Crippen LogP contribution in [0.4, 0.5) is 13.2 Å². The van der Waals surface area contributed by atoms with E-state index in [4.69, 9.17) is 4.74 Å². The molecule has 2 fully saturated rings. The first-order valence-corrected chi connectivity index (χ1v) is 7.35. The van der Waals surface area contributed by atoms with Crippen LogP contribution in [0.1, 0.15) is 41.0 Å². The van der Waals surface area contributed by atoms with Crippen LogP contribution in [0.2, 0.25) is 0 Å². The molecule has 0 radical (unpaired) electrons. The fourth-order valence-corrected chi connectivity index (χ4v) is 3.28. The summed E-state index contributed by atoms with van der Waals surface area (Å²) in [7, 11) is 0. The Bertz CT molecular complexity index is 589. The van der Waals surface area contributed by atoms with Gasteiger partial charge in [-0.2, -0.15) is 13.2 Å². The van der Waals surface area contributed by atoms with E-state index in [9.17, 15) is 18.0 Å². The molecule has 0 bridgehead atoms. The number of pyridine rings is 1. The molecule has 3 rings (SSSR count). The minimum Gasteiger partial charge on any atom is -0.374 e. The molecule has 1 aliphatic heterocycles. The van der Waals surface area contributed by atoms with Crippen LogP contribution in [-0.4, -0.2) is 41.1 Å². The molecule has 22 heavy (non-hydrogen) atoms. The quantitative estimate of drug-likeness (QED) is 0.800. The van der Waals surface area contributed by atoms with Crippen molar-refractivity contribution in [3.63, 3.8) is 0 Å². The van der Waals surface area contributed by atoms with Gasteiger partial charge in [-0.1, -0.05) is 0 Å². The maximum atomic E-state index is 12.7. The van der Waals surface area contributed by atoms with E-state index >= 15 is 0 Å². The molecule has 1 aliphatic carbocycles. The Morgan fingerprint density at radius 3 is 2.82 bits per heavy atom. The van der Waals surface area contributed by atoms with E-state index in [-0.39, 0.29) is 29.3 Å². The average Bonchev–Trinajstić information content (AvgIpc) is 2.93. The third-order valence-electron chi connectivity index (χ3n) is 4.35. The van der Waals surface area contributed by atoms with E-state index in [0.717, 1.165) is 25.3 Å². The van der Waals surface area contributed by atoms with Crippen molar-refractivity contribution in [2.24, 2.45) is 0 Å². The number of halogens is 3. The Hall–Kier alpha value is -1.63. The fraction of sp³-hybridized carbons (Fsp3) is 0.600. The number of amides is 1. The Morgan fingerprint density at radius 1 is 1.36 bits per heavy atom. The number of nitrogens with zero attached hydrogens (tertiary/aromatic N) is 2. The fourth-order valence-electron chi connectivity index (χ4n) is 3.28. The SMILES string of the molecule is Cc1nc(C(F)(F)F)ccc1C(=O)N1CCO[C@H]2CCC[C@H]21. The third kappa shape index (κ3) is 2.69. The number of fused-ring (bicyclic) bond motifs is 1. The van der Waals surface area contributed by atoms with E-state index in [2.05, 4.69) is 4.98 Å². The van der Waals surface area contributed by atoms with Crippen molar-refractivity contribution in [1.29, 1.82) is 0 Å². The van der Waals surface area contributed by atoms with Crippen LogP contribution in [0.25, 0.3) is 0 Å². The highest BCUT2D eigenvalue weighted by Crippen LogP contribution is 2.32. The van der Waals surface area contributed by atoms with E-state index < -0.39 is 11.9 Å². The summed E-state index contributed by atoms with van der Waals surface area (Å²) in [5.41, 5.74) is -0.622. The van der Waals surface area contributed by atoms with E-state index in [1.54, 1.807) is 4.90 Å². The molecule has 120 valence electrons. The standard InChI is InChI=1S/C15H17F3N2O2/c1-9-10(5-6-13(19-9)15(16,17)18)14(21)20-7-8-22-12-4-2-3-11(12)20/h5-6,11-12H,2-4,7-8H2,1H3/t11-,12+/m1/s1. The van der Waals surface area contributed by atoms with Crippen molar-refractivity contribution in [3.8, 4) is 0 Å². The molecule has 1 saturated carbocycles. The lowest BCUT2D eigenvalue weighted by molar-refractivity contribution is -0.141. The number of rotatable bonds is 1. The second-order valence-electron chi connectivity index (χ2n) is 5.73. The second kappa shape index (κ2) is 5.53. The maximum absolute atomic E-state index is 12.7. The van der Waals surface area contributed by atoms with Gasteiger partial charge in [-0.15, -0.1) is 0 Å². The average molecular weight is 314 g/mol. The zero-order valence-corrected chi connectivity index (χ0v) is 12.2. The number of aromatic nitrogens is 1. The monoisotopic (exact) mass is 314 g/mol. The normalized spacial score (nSPS) is 25.2. The molecule has 0 spiro atoms. The highest BCUT2D eigenvalue weighted by Gasteiger charge is 2.39. The molecule has 0 N–H and O–H groups in total. The molecule has 2 atom stereocenters. The molecule has 7 heteroatoms. The van der Waals surface area contributed by atoms with Gasteiger partial charge in [0.25, 0.3) is 5.91 Å². The van der Waals surface area contributed by atoms with Crippen LogP contribution < -0.4 is 0 Å². The van der Waals surface area contributed by atoms with E-state index in [1.165, 1.54) is 13.0 Å². The lowest BCUT2D eigenvalue weighted by Crippen LogP contribution is -2.51. The molecule has 1 amide bonds. The van der Waals surface area contributed by atoms with Crippen molar-refractivity contribution in [2.45, 2.75) is 44.5 Å². The van der Waals surface area contributed by atoms with Gasteiger partial charge >= 0.3 is 6.18 Å². The number of carbonyl (C=O) groups is 1. The van der Waals surface area contributed by atoms with Crippen LogP contribution in [-0.2, 0) is 10.9 Å². The summed E-state index contributed by atoms with van der Waals surface area (Å²) in [5, 5.41) is 0. The zero-order valence-electron chi connectivity index (χ0n) is 12.2. The summed E-state index contributed by atoms with van der Waals surface area (Å²) < 4.78 is 43.6. The predicted molar refractivity (Wildman–Crippen MR) is 72.4 cm³/mol. The van der Waals surface area contributed by atoms with Gasteiger partial charge in [-0.3, -0.25) is 4.79 Å². The molecular formula is C15H17F3N2O2. The van der Waals surface area contributed by atoms with Crippen LogP contribution in [0.15, 0.2) is 12.1 Å². The summed E-state index contributed by atoms with van der Waals surface area (Å²) in [6, 6.07) is 2.13. The number of carbonyl (C=O) groups excluding carboxylic acids is 1. The largest absolute Gasteiger partial charge is 0.433 e. The van der Waals surface area contributed by atoms with Crippen molar-refractivity contribution >= 4 is 5.91 Å². The number of hydrogen-bond donors (Lipinski definition) is 0. The summed E-state index contributed by atoms with van der Waals surface area (Å²) in [6.45, 7) is 2.38. The van der Waals surface area contributed by atoms with E-state index in [0.29, 0.717) is 13.2 Å². The van der Waals surface area contributed by atoms with Crippen LogP contribution in [0.3, 0.4) is 0 Å². The molecule has 1 aromatic rings. The van der Waals surface area contributed by atoms with Crippen molar-refractivity contribution in [2.75, 3.05) is 13.2 Å². The van der Waals surface area contributed by atoms with Crippen LogP contribution in [0, 0.1) is 6.92 Å². The van der Waals surface area contributed by atoms with Crippen molar-refractivity contribution in [3.05, 3.63) is 29.1 Å². The Labute approximate surface area is 126 Å². The van der Waals surface area contributed by atoms with Gasteiger partial charge < -0.3 is 9.64 Å². The van der Waals surface area contributed by atoms with Crippen molar-refractivity contribution < 1.29 is 22.7 Å². The Kier molecular flexibility index (Phi) is 3.84. The number of ether oxygens (including phenoxy) is 1. The van der Waals surface area contributed by atoms with Gasteiger partial charge in [0, 0.05) is 6.54 Å². The van der Waals surface area contributed by atoms with Crippen LogP contribution >= 0.6 is 0 Å². The molecule has 0 aromatic carbocycles. The molecular weight excluding hydrogens is 297 g/mol. The van der Waals surface area contributed by atoms with E-state index in [1.807, 2.05) is 0 Å². The lowest BCUT2D eigenvalue weighted by Gasteiger charge is -2.37. The van der Waals surface area contributed by atoms with Crippen molar-refractivity contribution in [1.82, 2.24) is 9.88 Å². The lowest BCUT2D eigenvalue weighted by atomic mass is 10.1. The Morgan fingerprint density at radius 2 is 2.14 bits per heavy atom. The summed E-state index contributed by atoms with van der Waals surface area (Å²) in [5.74, 6) is -0.251. The van der Waals surface area contributed by atoms with Gasteiger partial charge in [0.2, 0.25) is 0 Å². The van der Waals surface area contributed by atoms with Gasteiger partial charge in [0.05, 0.1) is 30.0 Å². The first-order chi connectivity index (χ1) is 10.4. The van der Waals surface area contributed by atoms with Gasteiger partial charge in [0.1, 0.15) is 5.69 Å². The molecule has 4 nitrogen and oxygen atoms in total. The molecule has 1 aromatic heterocycles. The van der Waals surface area contributed by atoms with Gasteiger partial charge in [-0.05, 0) is 38.3 Å². The zero-order chi connectivity index (χ0) is 15.9. The first kappa shape index (κ1) is 15.3.